The molecule has 1 heterocycles. The van der Waals surface area contributed by atoms with Crippen LogP contribution in [0, 0.1) is 0 Å². The zero-order valence-electron chi connectivity index (χ0n) is 6.94. The van der Waals surface area contributed by atoms with E-state index >= 15 is 0 Å². The smallest absolute Gasteiger partial charge is 0.172 e. The lowest BCUT2D eigenvalue weighted by atomic mass is 10.0. The van der Waals surface area contributed by atoms with Gasteiger partial charge >= 0.3 is 0 Å². The third kappa shape index (κ3) is 1.05. The summed E-state index contributed by atoms with van der Waals surface area (Å²) in [7, 11) is 0. The Kier molecular flexibility index (Phi) is 1.54. The van der Waals surface area contributed by atoms with Crippen molar-refractivity contribution in [1.29, 1.82) is 0 Å². The zero-order chi connectivity index (χ0) is 8.44. The summed E-state index contributed by atoms with van der Waals surface area (Å²) in [5.74, 6) is 0. The van der Waals surface area contributed by atoms with E-state index in [9.17, 15) is 0 Å². The second-order valence-corrected chi connectivity index (χ2v) is 2.94. The van der Waals surface area contributed by atoms with Crippen LogP contribution >= 0.6 is 0 Å². The van der Waals surface area contributed by atoms with E-state index in [1.807, 2.05) is 37.3 Å². The molecular weight excluding hydrogens is 148 g/mol. The minimum absolute atomic E-state index is 0.374. The Morgan fingerprint density at radius 3 is 2.17 bits per heavy atom. The molecule has 1 aromatic rings. The van der Waals surface area contributed by atoms with Gasteiger partial charge in [0.05, 0.1) is 0 Å². The van der Waals surface area contributed by atoms with Gasteiger partial charge in [0, 0.05) is 18.0 Å². The summed E-state index contributed by atoms with van der Waals surface area (Å²) in [4.78, 5) is 8.58. The molecule has 0 saturated heterocycles. The fraction of sp³-hybridized carbons (Fsp3) is 0.200. The minimum atomic E-state index is -0.374. The van der Waals surface area contributed by atoms with Gasteiger partial charge in [0.25, 0.3) is 0 Å². The van der Waals surface area contributed by atoms with E-state index in [1.54, 1.807) is 12.4 Å². The first-order valence-electron chi connectivity index (χ1n) is 3.96. The molecule has 2 rings (SSSR count). The van der Waals surface area contributed by atoms with Gasteiger partial charge in [-0.25, -0.2) is 0 Å². The van der Waals surface area contributed by atoms with Crippen LogP contribution in [-0.2, 0) is 5.66 Å². The zero-order valence-corrected chi connectivity index (χ0v) is 6.94. The number of hydrogen-bond donors (Lipinski definition) is 0. The topological polar surface area (TPSA) is 24.7 Å². The van der Waals surface area contributed by atoms with Crippen LogP contribution in [0.2, 0.25) is 0 Å². The number of rotatable bonds is 1. The molecule has 0 fully saturated rings. The molecule has 12 heavy (non-hydrogen) atoms. The predicted octanol–water partition coefficient (Wildman–Crippen LogP) is 2.01. The second kappa shape index (κ2) is 2.55. The van der Waals surface area contributed by atoms with E-state index in [-0.39, 0.29) is 5.66 Å². The number of hydrogen-bond acceptors (Lipinski definition) is 2. The lowest BCUT2D eigenvalue weighted by molar-refractivity contribution is 0.543. The molecule has 0 saturated carbocycles. The highest BCUT2D eigenvalue weighted by molar-refractivity contribution is 6.17. The molecule has 0 N–H and O–H groups in total. The number of nitrogens with zero attached hydrogens (tertiary/aromatic N) is 2. The van der Waals surface area contributed by atoms with Crippen LogP contribution < -0.4 is 0 Å². The molecule has 2 heteroatoms. The van der Waals surface area contributed by atoms with Gasteiger partial charge in [0.15, 0.2) is 5.66 Å². The average molecular weight is 158 g/mol. The van der Waals surface area contributed by atoms with Gasteiger partial charge in [-0.3, -0.25) is 9.98 Å². The fourth-order valence-electron chi connectivity index (χ4n) is 1.29. The van der Waals surface area contributed by atoms with Crippen molar-refractivity contribution in [3.05, 3.63) is 35.9 Å². The van der Waals surface area contributed by atoms with Crippen molar-refractivity contribution >= 4 is 12.4 Å². The van der Waals surface area contributed by atoms with E-state index in [0.29, 0.717) is 0 Å². The van der Waals surface area contributed by atoms with Gasteiger partial charge in [0.1, 0.15) is 0 Å². The van der Waals surface area contributed by atoms with Crippen LogP contribution in [0.25, 0.3) is 0 Å². The molecule has 60 valence electrons. The number of aliphatic imine (C=N–C) groups is 2. The fourth-order valence-corrected chi connectivity index (χ4v) is 1.29. The largest absolute Gasteiger partial charge is 0.258 e. The summed E-state index contributed by atoms with van der Waals surface area (Å²) in [6.07, 6.45) is 3.49. The molecule has 1 aliphatic heterocycles. The Morgan fingerprint density at radius 2 is 1.58 bits per heavy atom. The summed E-state index contributed by atoms with van der Waals surface area (Å²) in [5.41, 5.74) is 0.761. The Bertz CT molecular complexity index is 313. The molecule has 0 aliphatic carbocycles. The molecule has 0 unspecified atom stereocenters. The van der Waals surface area contributed by atoms with E-state index in [2.05, 4.69) is 9.98 Å². The Hall–Kier alpha value is -1.44. The summed E-state index contributed by atoms with van der Waals surface area (Å²) in [5, 5.41) is 0. The van der Waals surface area contributed by atoms with Crippen LogP contribution in [0.4, 0.5) is 0 Å². The molecule has 1 aromatic carbocycles. The maximum absolute atomic E-state index is 4.29. The van der Waals surface area contributed by atoms with Gasteiger partial charge < -0.3 is 0 Å². The SMILES string of the molecule is CC1(c2ccccc2)N=CC=N1. The van der Waals surface area contributed by atoms with E-state index in [1.165, 1.54) is 0 Å². The average Bonchev–Trinajstić information content (AvgIpc) is 2.55. The lowest BCUT2D eigenvalue weighted by Gasteiger charge is -2.17. The summed E-state index contributed by atoms with van der Waals surface area (Å²) < 4.78 is 0. The third-order valence-electron chi connectivity index (χ3n) is 2.04. The maximum atomic E-state index is 4.29. The molecule has 1 aliphatic rings. The summed E-state index contributed by atoms with van der Waals surface area (Å²) in [6.45, 7) is 2.00. The van der Waals surface area contributed by atoms with Crippen LogP contribution in [0.15, 0.2) is 40.3 Å². The molecule has 0 amide bonds. The molecular formula is C10H10N2. The van der Waals surface area contributed by atoms with Crippen molar-refractivity contribution in [3.63, 3.8) is 0 Å². The standard InChI is InChI=1S/C10H10N2/c1-10(11-7-8-12-10)9-5-3-2-4-6-9/h2-8H,1H3. The Balaban J connectivity index is 2.43. The molecule has 0 aromatic heterocycles. The molecule has 0 atom stereocenters. The molecule has 0 bridgehead atoms. The molecule has 2 nitrogen and oxygen atoms in total. The predicted molar refractivity (Wildman–Crippen MR) is 50.8 cm³/mol. The van der Waals surface area contributed by atoms with E-state index < -0.39 is 0 Å². The first kappa shape index (κ1) is 7.22. The summed E-state index contributed by atoms with van der Waals surface area (Å²) in [6, 6.07) is 10.1. The van der Waals surface area contributed by atoms with Crippen LogP contribution in [0.3, 0.4) is 0 Å². The van der Waals surface area contributed by atoms with Crippen molar-refractivity contribution in [2.75, 3.05) is 0 Å². The van der Waals surface area contributed by atoms with Gasteiger partial charge in [-0.1, -0.05) is 30.3 Å². The van der Waals surface area contributed by atoms with Gasteiger partial charge in [-0.15, -0.1) is 0 Å². The first-order chi connectivity index (χ1) is 5.81. The van der Waals surface area contributed by atoms with Gasteiger partial charge in [0.2, 0.25) is 0 Å². The van der Waals surface area contributed by atoms with Crippen LogP contribution in [-0.4, -0.2) is 12.4 Å². The van der Waals surface area contributed by atoms with Crippen LogP contribution in [0.5, 0.6) is 0 Å². The summed E-state index contributed by atoms with van der Waals surface area (Å²) >= 11 is 0. The van der Waals surface area contributed by atoms with Crippen molar-refractivity contribution in [1.82, 2.24) is 0 Å². The Morgan fingerprint density at radius 1 is 1.00 bits per heavy atom. The highest BCUT2D eigenvalue weighted by Gasteiger charge is 2.24. The number of benzene rings is 1. The molecule has 0 spiro atoms. The minimum Gasteiger partial charge on any atom is -0.258 e. The van der Waals surface area contributed by atoms with E-state index in [0.717, 1.165) is 5.56 Å². The van der Waals surface area contributed by atoms with Crippen molar-refractivity contribution < 1.29 is 0 Å². The Labute approximate surface area is 71.7 Å². The monoisotopic (exact) mass is 158 g/mol. The van der Waals surface area contributed by atoms with E-state index in [4.69, 9.17) is 0 Å². The lowest BCUT2D eigenvalue weighted by Crippen LogP contribution is -2.12. The van der Waals surface area contributed by atoms with Crippen molar-refractivity contribution in [2.24, 2.45) is 9.98 Å². The maximum Gasteiger partial charge on any atom is 0.172 e. The van der Waals surface area contributed by atoms with Crippen molar-refractivity contribution in [3.8, 4) is 0 Å². The first-order valence-corrected chi connectivity index (χ1v) is 3.96. The van der Waals surface area contributed by atoms with Crippen LogP contribution in [0.1, 0.15) is 12.5 Å². The van der Waals surface area contributed by atoms with Crippen molar-refractivity contribution in [2.45, 2.75) is 12.6 Å². The third-order valence-corrected chi connectivity index (χ3v) is 2.04. The highest BCUT2D eigenvalue weighted by Crippen LogP contribution is 2.27. The molecule has 0 radical (unpaired) electrons. The second-order valence-electron chi connectivity index (χ2n) is 2.94. The normalized spacial score (nSPS) is 18.4. The van der Waals surface area contributed by atoms with Gasteiger partial charge in [-0.2, -0.15) is 0 Å². The quantitative estimate of drug-likeness (QED) is 0.597. The van der Waals surface area contributed by atoms with Gasteiger partial charge in [-0.05, 0) is 6.92 Å². The highest BCUT2D eigenvalue weighted by atomic mass is 15.1.